The molecule has 0 fully saturated rings. The van der Waals surface area contributed by atoms with Crippen molar-refractivity contribution >= 4 is 35.8 Å². The summed E-state index contributed by atoms with van der Waals surface area (Å²) in [4.78, 5) is 72.6. The lowest BCUT2D eigenvalue weighted by Crippen LogP contribution is -2.18. The van der Waals surface area contributed by atoms with E-state index in [-0.39, 0.29) is 50.8 Å². The van der Waals surface area contributed by atoms with Gasteiger partial charge in [-0.25, -0.2) is 37.5 Å². The molecule has 42 heteroatoms. The van der Waals surface area contributed by atoms with Crippen LogP contribution in [0.2, 0.25) is 0 Å². The molecule has 0 unspecified atom stereocenters. The maximum absolute atomic E-state index is 13.8. The molecule has 34 nitrogen and oxygen atoms in total. The Hall–Kier alpha value is -14.7. The number of hydrogen-bond acceptors (Lipinski definition) is 22. The number of halogens is 8. The molecule has 0 aliphatic heterocycles. The molecule has 102 heavy (non-hydrogen) atoms. The van der Waals surface area contributed by atoms with Gasteiger partial charge < -0.3 is 44.8 Å². The predicted molar refractivity (Wildman–Crippen MR) is 324 cm³/mol. The first-order valence-electron chi connectivity index (χ1n) is 27.5. The van der Waals surface area contributed by atoms with E-state index < -0.39 is 93.6 Å². The van der Waals surface area contributed by atoms with E-state index in [0.29, 0.717) is 23.2 Å². The highest BCUT2D eigenvalue weighted by molar-refractivity contribution is 5.95. The van der Waals surface area contributed by atoms with Gasteiger partial charge >= 0.3 is 48.4 Å². The second kappa shape index (κ2) is 33.3. The number of nitrogens with zero attached hydrogens (tertiary/aromatic N) is 19. The Morgan fingerprint density at radius 2 is 0.706 bits per heavy atom. The first kappa shape index (κ1) is 74.7. The number of carboxylic acids is 6. The van der Waals surface area contributed by atoms with Gasteiger partial charge in [0, 0.05) is 0 Å². The van der Waals surface area contributed by atoms with Gasteiger partial charge in [-0.1, -0.05) is 6.07 Å². The fourth-order valence-corrected chi connectivity index (χ4v) is 8.21. The van der Waals surface area contributed by atoms with Crippen LogP contribution >= 0.6 is 0 Å². The summed E-state index contributed by atoms with van der Waals surface area (Å²) in [6.45, 7) is 1.50. The average molecular weight is 1420 g/mol. The van der Waals surface area contributed by atoms with Crippen LogP contribution < -0.4 is 14.2 Å². The number of hydrogen-bond donors (Lipinski definition) is 6. The summed E-state index contributed by atoms with van der Waals surface area (Å²) in [5.41, 5.74) is -1.36. The van der Waals surface area contributed by atoms with Gasteiger partial charge in [-0.05, 0) is 103 Å². The second-order valence-electron chi connectivity index (χ2n) is 19.0. The molecule has 0 saturated carbocycles. The van der Waals surface area contributed by atoms with E-state index in [9.17, 15) is 63.9 Å². The molecule has 6 N–H and O–H groups in total. The van der Waals surface area contributed by atoms with Gasteiger partial charge in [-0.15, -0.1) is 13.2 Å². The summed E-state index contributed by atoms with van der Waals surface area (Å²) in [5, 5.41) is 108. The van der Waals surface area contributed by atoms with E-state index in [4.69, 9.17) is 45.4 Å². The van der Waals surface area contributed by atoms with E-state index in [1.165, 1.54) is 154 Å². The van der Waals surface area contributed by atoms with Crippen molar-refractivity contribution in [3.05, 3.63) is 233 Å². The second-order valence-corrected chi connectivity index (χ2v) is 19.0. The maximum atomic E-state index is 13.8. The number of nitriles is 1. The van der Waals surface area contributed by atoms with Gasteiger partial charge in [0.2, 0.25) is 0 Å². The monoisotopic (exact) mass is 1420 g/mol. The lowest BCUT2D eigenvalue weighted by Gasteiger charge is -2.11. The smallest absolute Gasteiger partial charge is 0.497 e. The fraction of sp³-hybridized carbons (Fsp3) is 0.0833. The average Bonchev–Trinajstić information content (AvgIpc) is 1.30. The highest BCUT2D eigenvalue weighted by Crippen LogP contribution is 2.32. The Morgan fingerprint density at radius 1 is 0.392 bits per heavy atom. The van der Waals surface area contributed by atoms with Gasteiger partial charge in [0.25, 0.3) is 0 Å². The quantitative estimate of drug-likeness (QED) is 0.0526. The third kappa shape index (κ3) is 19.1. The molecule has 0 spiro atoms. The number of aromatic carboxylic acids is 6. The predicted octanol–water partition coefficient (Wildman–Crippen LogP) is 8.19. The van der Waals surface area contributed by atoms with Crippen LogP contribution in [0.15, 0.2) is 171 Å². The molecule has 0 saturated heterocycles. The number of carbonyl (C=O) groups is 6. The first-order chi connectivity index (χ1) is 48.5. The van der Waals surface area contributed by atoms with Crippen molar-refractivity contribution in [2.75, 3.05) is 14.2 Å². The summed E-state index contributed by atoms with van der Waals surface area (Å²) < 4.78 is 114. The highest BCUT2D eigenvalue weighted by Gasteiger charge is 2.33. The molecule has 12 rings (SSSR count). The van der Waals surface area contributed by atoms with Crippen LogP contribution in [-0.4, -0.2) is 177 Å². The number of rotatable bonds is 15. The Morgan fingerprint density at radius 3 is 1.05 bits per heavy atom. The largest absolute Gasteiger partial charge is 0.573 e. The first-order valence-corrected chi connectivity index (χ1v) is 27.5. The van der Waals surface area contributed by atoms with Gasteiger partial charge in [-0.3, -0.25) is 0 Å². The van der Waals surface area contributed by atoms with Crippen molar-refractivity contribution < 1.29 is 109 Å². The molecular weight excluding hydrogens is 1380 g/mol. The summed E-state index contributed by atoms with van der Waals surface area (Å²) in [6, 6.07) is 21.8. The van der Waals surface area contributed by atoms with Crippen LogP contribution in [-0.2, 0) is 6.18 Å². The molecule has 0 amide bonds. The van der Waals surface area contributed by atoms with E-state index in [0.717, 1.165) is 49.5 Å². The lowest BCUT2D eigenvalue weighted by atomic mass is 10.1. The maximum Gasteiger partial charge on any atom is 0.573 e. The van der Waals surface area contributed by atoms with E-state index in [1.807, 2.05) is 6.07 Å². The van der Waals surface area contributed by atoms with Crippen LogP contribution in [0, 0.1) is 29.9 Å². The van der Waals surface area contributed by atoms with E-state index >= 15 is 0 Å². The minimum Gasteiger partial charge on any atom is -0.497 e. The Balaban J connectivity index is 0.000000172. The van der Waals surface area contributed by atoms with Crippen molar-refractivity contribution in [3.63, 3.8) is 0 Å². The molecule has 0 aliphatic carbocycles. The van der Waals surface area contributed by atoms with Gasteiger partial charge in [-0.2, -0.15) is 108 Å². The Kier molecular flexibility index (Phi) is 24.4. The number of aryl methyl sites for hydroxylation is 1. The standard InChI is InChI=1S/C10H6F3N3O3.C10H6F3N3O2.C10H8FN3O3.C10H8FN3O2.C10H6N4O2.C10H9N3O3/c11-10(12,13)19-6-1-2-8(7(5-6)9(17)18)16-14-3-4-15-16;11-10(12,13)6-1-2-8(7(5-6)9(17)18)16-14-3-4-15-16;1-17-7-3-2-6(14-12-4-5-13-14)8(9(7)11)10(15)16;1-6-2-3-7(14-12-4-5-13-14)8(9(6)11)10(15)16;11-6-7-1-2-9(8(5-7)10(15)16)14-12-3-4-13-14;1-16-7-2-3-9(8(6-7)10(14)15)13-11-4-5-12-13/h1-5H,(H,17,18);1-5H,(H,17,18);2-5H,1H3,(H,15,16);2-5H,1H3,(H,15,16);1-5H,(H,15,16);2-6H,1H3,(H,14,15). The van der Waals surface area contributed by atoms with E-state index in [1.54, 1.807) is 12.1 Å². The molecule has 6 aromatic carbocycles. The highest BCUT2D eigenvalue weighted by atomic mass is 19.4. The fourth-order valence-electron chi connectivity index (χ4n) is 8.21. The number of aromatic nitrogens is 18. The lowest BCUT2D eigenvalue weighted by molar-refractivity contribution is -0.274. The third-order valence-electron chi connectivity index (χ3n) is 12.6. The molecule has 6 aromatic heterocycles. The minimum atomic E-state index is -4.89. The van der Waals surface area contributed by atoms with Crippen molar-refractivity contribution in [1.82, 2.24) is 90.0 Å². The zero-order chi connectivity index (χ0) is 74.6. The summed E-state index contributed by atoms with van der Waals surface area (Å²) in [5.74, 6) is -9.81. The zero-order valence-corrected chi connectivity index (χ0v) is 51.5. The minimum absolute atomic E-state index is 0.00440. The summed E-state index contributed by atoms with van der Waals surface area (Å²) >= 11 is 0. The molecule has 0 atom stereocenters. The molecule has 0 bridgehead atoms. The molecule has 6 heterocycles. The van der Waals surface area contributed by atoms with Gasteiger partial charge in [0.1, 0.15) is 62.6 Å². The Labute approximate surface area is 562 Å². The summed E-state index contributed by atoms with van der Waals surface area (Å²) in [7, 11) is 2.74. The number of carboxylic acid groups (broad SMARTS) is 6. The SMILES string of the molecule is COc1ccc(-n2nccn2)c(C(=O)O)c1.COc1ccc(-n2nccn2)c(C(=O)O)c1F.Cc1ccc(-n2nccn2)c(C(=O)O)c1F.N#Cc1ccc(-n2nccn2)c(C(=O)O)c1.O=C(O)c1cc(C(F)(F)F)ccc1-n1nccn1.O=C(O)c1cc(OC(F)(F)F)ccc1-n1nccn1. The van der Waals surface area contributed by atoms with Gasteiger partial charge in [0.05, 0.1) is 128 Å². The van der Waals surface area contributed by atoms with Crippen molar-refractivity contribution in [2.45, 2.75) is 19.5 Å². The topological polar surface area (TPSA) is 460 Å². The van der Waals surface area contributed by atoms with E-state index in [2.05, 4.69) is 65.9 Å². The van der Waals surface area contributed by atoms with Crippen LogP contribution in [0.3, 0.4) is 0 Å². The molecular formula is C60H43F8N19O15. The zero-order valence-electron chi connectivity index (χ0n) is 51.5. The molecule has 524 valence electrons. The number of methoxy groups -OCH3 is 2. The molecule has 12 aromatic rings. The number of alkyl halides is 6. The van der Waals surface area contributed by atoms with Crippen LogP contribution in [0.5, 0.6) is 17.2 Å². The van der Waals surface area contributed by atoms with Crippen molar-refractivity contribution in [3.8, 4) is 57.4 Å². The number of benzene rings is 6. The van der Waals surface area contributed by atoms with Crippen LogP contribution in [0.25, 0.3) is 34.1 Å². The van der Waals surface area contributed by atoms with Crippen molar-refractivity contribution in [1.29, 1.82) is 5.26 Å². The van der Waals surface area contributed by atoms with Gasteiger partial charge in [0.15, 0.2) is 11.6 Å². The summed E-state index contributed by atoms with van der Waals surface area (Å²) in [6.07, 6.45) is 7.11. The van der Waals surface area contributed by atoms with Crippen molar-refractivity contribution in [2.24, 2.45) is 0 Å². The van der Waals surface area contributed by atoms with Crippen LogP contribution in [0.1, 0.15) is 78.8 Å². The third-order valence-corrected chi connectivity index (χ3v) is 12.6. The molecule has 0 aliphatic rings. The Bertz CT molecular complexity index is 4940. The van der Waals surface area contributed by atoms with Crippen LogP contribution in [0.4, 0.5) is 35.1 Å². The molecule has 0 radical (unpaired) electrons. The number of ether oxygens (including phenoxy) is 3. The normalized spacial score (nSPS) is 10.6.